The smallest absolute Gasteiger partial charge is 0.271 e. The number of halogens is 1. The van der Waals surface area contributed by atoms with Gasteiger partial charge in [-0.2, -0.15) is 5.10 Å². The predicted molar refractivity (Wildman–Crippen MR) is 127 cm³/mol. The van der Waals surface area contributed by atoms with Crippen molar-refractivity contribution in [2.24, 2.45) is 5.10 Å². The van der Waals surface area contributed by atoms with Crippen molar-refractivity contribution < 1.29 is 4.79 Å². The van der Waals surface area contributed by atoms with Crippen LogP contribution in [0.25, 0.3) is 0 Å². The number of amides is 1. The summed E-state index contributed by atoms with van der Waals surface area (Å²) in [4.78, 5) is 12.2. The zero-order valence-corrected chi connectivity index (χ0v) is 18.0. The van der Waals surface area contributed by atoms with Crippen molar-refractivity contribution in [1.82, 2.24) is 5.43 Å². The highest BCUT2D eigenvalue weighted by Gasteiger charge is 2.05. The number of carbonyl (C=O) groups is 1. The van der Waals surface area contributed by atoms with E-state index in [4.69, 9.17) is 12.2 Å². The number of para-hydroxylation sites is 1. The molecule has 0 bridgehead atoms. The standard InChI is InChI=1S/C22H19BrN4OS/c1-15(26-27-21(28)17-7-11-18(23)12-8-17)16-9-13-20(14-10-16)25-22(29)24-19-5-3-2-4-6-19/h2-14H,1H3,(H,27,28)(H2,24,25,29). The van der Waals surface area contributed by atoms with E-state index in [1.54, 1.807) is 12.1 Å². The number of hydrogen-bond acceptors (Lipinski definition) is 3. The third kappa shape index (κ3) is 6.23. The highest BCUT2D eigenvalue weighted by molar-refractivity contribution is 9.10. The molecule has 146 valence electrons. The highest BCUT2D eigenvalue weighted by atomic mass is 79.9. The Morgan fingerprint density at radius 3 is 2.00 bits per heavy atom. The molecular formula is C22H19BrN4OS. The SMILES string of the molecule is CC(=NNC(=O)c1ccc(Br)cc1)c1ccc(NC(=S)Nc2ccccc2)cc1. The van der Waals surface area contributed by atoms with Gasteiger partial charge < -0.3 is 10.6 Å². The molecule has 7 heteroatoms. The van der Waals surface area contributed by atoms with Crippen LogP contribution < -0.4 is 16.1 Å². The van der Waals surface area contributed by atoms with Crippen LogP contribution in [-0.2, 0) is 0 Å². The van der Waals surface area contributed by atoms with E-state index >= 15 is 0 Å². The van der Waals surface area contributed by atoms with Crippen molar-refractivity contribution in [3.05, 3.63) is 94.5 Å². The second-order valence-electron chi connectivity index (χ2n) is 6.17. The van der Waals surface area contributed by atoms with Gasteiger partial charge in [0.2, 0.25) is 0 Å². The molecule has 3 aromatic carbocycles. The highest BCUT2D eigenvalue weighted by Crippen LogP contribution is 2.13. The average molecular weight is 467 g/mol. The summed E-state index contributed by atoms with van der Waals surface area (Å²) in [5.74, 6) is -0.257. The van der Waals surface area contributed by atoms with Crippen LogP contribution in [0.15, 0.2) is 88.4 Å². The monoisotopic (exact) mass is 466 g/mol. The van der Waals surface area contributed by atoms with Gasteiger partial charge >= 0.3 is 0 Å². The van der Waals surface area contributed by atoms with Crippen LogP contribution in [0.4, 0.5) is 11.4 Å². The van der Waals surface area contributed by atoms with Gasteiger partial charge in [0.1, 0.15) is 0 Å². The molecule has 3 N–H and O–H groups in total. The molecule has 5 nitrogen and oxygen atoms in total. The Morgan fingerprint density at radius 2 is 1.38 bits per heavy atom. The summed E-state index contributed by atoms with van der Waals surface area (Å²) in [7, 11) is 0. The fourth-order valence-corrected chi connectivity index (χ4v) is 2.97. The first-order chi connectivity index (χ1) is 14.0. The maximum Gasteiger partial charge on any atom is 0.271 e. The molecule has 29 heavy (non-hydrogen) atoms. The number of nitrogens with zero attached hydrogens (tertiary/aromatic N) is 1. The van der Waals surface area contributed by atoms with E-state index in [9.17, 15) is 4.79 Å². The van der Waals surface area contributed by atoms with E-state index in [-0.39, 0.29) is 5.91 Å². The fraction of sp³-hybridized carbons (Fsp3) is 0.0455. The number of hydrazone groups is 1. The van der Waals surface area contributed by atoms with Crippen LogP contribution >= 0.6 is 28.1 Å². The van der Waals surface area contributed by atoms with Gasteiger partial charge in [0, 0.05) is 21.4 Å². The predicted octanol–water partition coefficient (Wildman–Crippen LogP) is 5.41. The van der Waals surface area contributed by atoms with Crippen LogP contribution in [0.5, 0.6) is 0 Å². The third-order valence-electron chi connectivity index (χ3n) is 4.02. The lowest BCUT2D eigenvalue weighted by Gasteiger charge is -2.11. The van der Waals surface area contributed by atoms with Gasteiger partial charge in [-0.3, -0.25) is 4.79 Å². The van der Waals surface area contributed by atoms with Gasteiger partial charge in [-0.1, -0.05) is 46.3 Å². The molecule has 1 amide bonds. The quantitative estimate of drug-likeness (QED) is 0.267. The van der Waals surface area contributed by atoms with E-state index in [1.807, 2.05) is 73.7 Å². The number of nitrogens with one attached hydrogen (secondary N) is 3. The lowest BCUT2D eigenvalue weighted by Crippen LogP contribution is -2.19. The minimum atomic E-state index is -0.257. The number of carbonyl (C=O) groups excluding carboxylic acids is 1. The minimum Gasteiger partial charge on any atom is -0.332 e. The van der Waals surface area contributed by atoms with Crippen molar-refractivity contribution >= 4 is 56.3 Å². The Hall–Kier alpha value is -3.03. The van der Waals surface area contributed by atoms with Gasteiger partial charge in [0.25, 0.3) is 5.91 Å². The first-order valence-corrected chi connectivity index (χ1v) is 10.0. The van der Waals surface area contributed by atoms with E-state index < -0.39 is 0 Å². The van der Waals surface area contributed by atoms with E-state index in [1.165, 1.54) is 0 Å². The van der Waals surface area contributed by atoms with Crippen molar-refractivity contribution in [2.75, 3.05) is 10.6 Å². The van der Waals surface area contributed by atoms with Gasteiger partial charge in [-0.15, -0.1) is 0 Å². The number of hydrogen-bond donors (Lipinski definition) is 3. The van der Waals surface area contributed by atoms with E-state index in [0.717, 1.165) is 21.4 Å². The zero-order chi connectivity index (χ0) is 20.6. The second kappa shape index (κ2) is 9.95. The summed E-state index contributed by atoms with van der Waals surface area (Å²) in [6.45, 7) is 1.84. The second-order valence-corrected chi connectivity index (χ2v) is 7.49. The van der Waals surface area contributed by atoms with Crippen LogP contribution in [0, 0.1) is 0 Å². The molecule has 0 aliphatic heterocycles. The summed E-state index contributed by atoms with van der Waals surface area (Å²) in [6, 6.07) is 24.5. The Balaban J connectivity index is 1.57. The van der Waals surface area contributed by atoms with Gasteiger partial charge in [0.05, 0.1) is 5.71 Å². The Kier molecular flexibility index (Phi) is 7.10. The molecular weight excluding hydrogens is 448 g/mol. The average Bonchev–Trinajstić information content (AvgIpc) is 2.73. The molecule has 0 fully saturated rings. The molecule has 0 aliphatic carbocycles. The van der Waals surface area contributed by atoms with Gasteiger partial charge in [-0.05, 0) is 73.2 Å². The lowest BCUT2D eigenvalue weighted by molar-refractivity contribution is 0.0955. The van der Waals surface area contributed by atoms with Gasteiger partial charge in [0.15, 0.2) is 5.11 Å². The molecule has 0 aliphatic rings. The molecule has 0 unspecified atom stereocenters. The molecule has 3 aromatic rings. The van der Waals surface area contributed by atoms with E-state index in [0.29, 0.717) is 16.4 Å². The van der Waals surface area contributed by atoms with Crippen LogP contribution in [0.1, 0.15) is 22.8 Å². The Morgan fingerprint density at radius 1 is 0.828 bits per heavy atom. The topological polar surface area (TPSA) is 65.5 Å². The zero-order valence-electron chi connectivity index (χ0n) is 15.6. The van der Waals surface area contributed by atoms with Crippen LogP contribution in [0.3, 0.4) is 0 Å². The molecule has 0 atom stereocenters. The summed E-state index contributed by atoms with van der Waals surface area (Å²) in [6.07, 6.45) is 0. The fourth-order valence-electron chi connectivity index (χ4n) is 2.47. The number of thiocarbonyl (C=S) groups is 1. The normalized spacial score (nSPS) is 10.9. The minimum absolute atomic E-state index is 0.257. The van der Waals surface area contributed by atoms with Crippen molar-refractivity contribution in [1.29, 1.82) is 0 Å². The molecule has 0 spiro atoms. The molecule has 0 saturated carbocycles. The number of benzene rings is 3. The largest absolute Gasteiger partial charge is 0.332 e. The number of rotatable bonds is 5. The Labute approximate surface area is 183 Å². The van der Waals surface area contributed by atoms with Crippen LogP contribution in [0.2, 0.25) is 0 Å². The molecule has 0 radical (unpaired) electrons. The summed E-state index contributed by atoms with van der Waals surface area (Å²) < 4.78 is 0.917. The first kappa shape index (κ1) is 20.7. The molecule has 0 saturated heterocycles. The van der Waals surface area contributed by atoms with Crippen LogP contribution in [-0.4, -0.2) is 16.7 Å². The maximum atomic E-state index is 12.2. The Bertz CT molecular complexity index is 1020. The lowest BCUT2D eigenvalue weighted by atomic mass is 10.1. The summed E-state index contributed by atoms with van der Waals surface area (Å²) >= 11 is 8.68. The summed E-state index contributed by atoms with van der Waals surface area (Å²) in [5, 5.41) is 11.0. The third-order valence-corrected chi connectivity index (χ3v) is 4.76. The number of anilines is 2. The van der Waals surface area contributed by atoms with Crippen molar-refractivity contribution in [2.45, 2.75) is 6.92 Å². The maximum absolute atomic E-state index is 12.2. The molecule has 0 aromatic heterocycles. The van der Waals surface area contributed by atoms with Crippen molar-refractivity contribution in [3.63, 3.8) is 0 Å². The van der Waals surface area contributed by atoms with E-state index in [2.05, 4.69) is 37.1 Å². The molecule has 3 rings (SSSR count). The van der Waals surface area contributed by atoms with Crippen molar-refractivity contribution in [3.8, 4) is 0 Å². The first-order valence-electron chi connectivity index (χ1n) is 8.85. The summed E-state index contributed by atoms with van der Waals surface area (Å²) in [5.41, 5.74) is 6.50. The van der Waals surface area contributed by atoms with Gasteiger partial charge in [-0.25, -0.2) is 5.43 Å². The molecule has 0 heterocycles.